The number of nitrogens with one attached hydrogen (secondary N) is 1. The molecule has 0 saturated heterocycles. The van der Waals surface area contributed by atoms with Gasteiger partial charge in [-0.15, -0.1) is 11.8 Å². The summed E-state index contributed by atoms with van der Waals surface area (Å²) in [5.74, 6) is -0.267. The second kappa shape index (κ2) is 6.78. The summed E-state index contributed by atoms with van der Waals surface area (Å²) >= 11 is 13.9. The van der Waals surface area contributed by atoms with Crippen LogP contribution in [-0.2, 0) is 4.79 Å². The van der Waals surface area contributed by atoms with Crippen molar-refractivity contribution in [1.82, 2.24) is 5.32 Å². The standard InChI is InChI=1S/C15H20Cl2N2OS/c1-9(2)19-15(14(18)20)6-5-11(8-15)21-13-7-10(16)3-4-12(13)17/h3-4,7,9,11,19H,5-6,8H2,1-2H3,(H2,18,20). The molecule has 1 fully saturated rings. The van der Waals surface area contributed by atoms with Crippen molar-refractivity contribution in [3.8, 4) is 0 Å². The molecule has 0 heterocycles. The zero-order valence-corrected chi connectivity index (χ0v) is 14.5. The van der Waals surface area contributed by atoms with Crippen molar-refractivity contribution in [2.45, 2.75) is 54.8 Å². The summed E-state index contributed by atoms with van der Waals surface area (Å²) in [6.45, 7) is 4.05. The Morgan fingerprint density at radius 1 is 1.48 bits per heavy atom. The van der Waals surface area contributed by atoms with E-state index in [1.807, 2.05) is 19.9 Å². The number of nitrogens with two attached hydrogens (primary N) is 1. The predicted molar refractivity (Wildman–Crippen MR) is 90.2 cm³/mol. The zero-order valence-electron chi connectivity index (χ0n) is 12.2. The zero-order chi connectivity index (χ0) is 15.6. The molecule has 21 heavy (non-hydrogen) atoms. The van der Waals surface area contributed by atoms with Gasteiger partial charge in [0.25, 0.3) is 0 Å². The van der Waals surface area contributed by atoms with E-state index in [9.17, 15) is 4.79 Å². The second-order valence-electron chi connectivity index (χ2n) is 5.80. The first kappa shape index (κ1) is 16.9. The number of thioether (sulfide) groups is 1. The van der Waals surface area contributed by atoms with Crippen molar-refractivity contribution in [2.24, 2.45) is 5.73 Å². The van der Waals surface area contributed by atoms with Gasteiger partial charge in [-0.2, -0.15) is 0 Å². The number of carbonyl (C=O) groups is 1. The molecule has 1 aromatic rings. The van der Waals surface area contributed by atoms with Crippen molar-refractivity contribution < 1.29 is 4.79 Å². The number of rotatable bonds is 5. The first-order chi connectivity index (χ1) is 9.82. The molecule has 0 radical (unpaired) electrons. The van der Waals surface area contributed by atoms with E-state index < -0.39 is 5.54 Å². The molecule has 1 aliphatic rings. The summed E-state index contributed by atoms with van der Waals surface area (Å²) in [6, 6.07) is 5.66. The summed E-state index contributed by atoms with van der Waals surface area (Å²) in [5.41, 5.74) is 5.03. The minimum absolute atomic E-state index is 0.219. The molecule has 116 valence electrons. The van der Waals surface area contributed by atoms with Gasteiger partial charge in [0.15, 0.2) is 0 Å². The van der Waals surface area contributed by atoms with Crippen molar-refractivity contribution >= 4 is 40.9 Å². The fourth-order valence-corrected chi connectivity index (χ4v) is 4.65. The smallest absolute Gasteiger partial charge is 0.237 e. The average Bonchev–Trinajstić information content (AvgIpc) is 2.77. The van der Waals surface area contributed by atoms with Gasteiger partial charge in [-0.25, -0.2) is 0 Å². The van der Waals surface area contributed by atoms with E-state index >= 15 is 0 Å². The normalized spacial score (nSPS) is 25.5. The fourth-order valence-electron chi connectivity index (χ4n) is 2.83. The Labute approximate surface area is 139 Å². The molecule has 3 nitrogen and oxygen atoms in total. The third kappa shape index (κ3) is 4.07. The molecule has 2 unspecified atom stereocenters. The minimum Gasteiger partial charge on any atom is -0.368 e. The molecule has 1 aliphatic carbocycles. The molecule has 0 spiro atoms. The molecular weight excluding hydrogens is 327 g/mol. The molecule has 3 N–H and O–H groups in total. The van der Waals surface area contributed by atoms with Crippen LogP contribution in [0.3, 0.4) is 0 Å². The van der Waals surface area contributed by atoms with Crippen LogP contribution in [0.2, 0.25) is 10.0 Å². The average molecular weight is 347 g/mol. The lowest BCUT2D eigenvalue weighted by molar-refractivity contribution is -0.124. The number of halogens is 2. The van der Waals surface area contributed by atoms with Crippen LogP contribution in [0.1, 0.15) is 33.1 Å². The lowest BCUT2D eigenvalue weighted by Gasteiger charge is -2.29. The number of hydrogen-bond donors (Lipinski definition) is 2. The Morgan fingerprint density at radius 3 is 2.81 bits per heavy atom. The van der Waals surface area contributed by atoms with Crippen LogP contribution >= 0.6 is 35.0 Å². The van der Waals surface area contributed by atoms with Crippen molar-refractivity contribution in [1.29, 1.82) is 0 Å². The third-order valence-corrected chi connectivity index (χ3v) is 5.70. The van der Waals surface area contributed by atoms with Crippen LogP contribution in [-0.4, -0.2) is 22.7 Å². The van der Waals surface area contributed by atoms with Crippen LogP contribution in [0.5, 0.6) is 0 Å². The SMILES string of the molecule is CC(C)NC1(C(N)=O)CCC(Sc2cc(Cl)ccc2Cl)C1. The monoisotopic (exact) mass is 346 g/mol. The first-order valence-electron chi connectivity index (χ1n) is 7.02. The highest BCUT2D eigenvalue weighted by Crippen LogP contribution is 2.42. The van der Waals surface area contributed by atoms with Crippen LogP contribution in [0, 0.1) is 0 Å². The first-order valence-corrected chi connectivity index (χ1v) is 8.65. The predicted octanol–water partition coefficient (Wildman–Crippen LogP) is 3.86. The van der Waals surface area contributed by atoms with Gasteiger partial charge in [-0.05, 0) is 51.3 Å². The highest BCUT2D eigenvalue weighted by Gasteiger charge is 2.44. The van der Waals surface area contributed by atoms with E-state index in [0.29, 0.717) is 21.7 Å². The van der Waals surface area contributed by atoms with E-state index in [1.54, 1.807) is 23.9 Å². The Hall–Kier alpha value is -0.420. The van der Waals surface area contributed by atoms with Crippen LogP contribution < -0.4 is 11.1 Å². The molecule has 2 atom stereocenters. The molecule has 0 aliphatic heterocycles. The Bertz CT molecular complexity index is 538. The lowest BCUT2D eigenvalue weighted by atomic mass is 9.96. The second-order valence-corrected chi connectivity index (χ2v) is 7.99. The minimum atomic E-state index is -0.600. The van der Waals surface area contributed by atoms with Gasteiger partial charge < -0.3 is 11.1 Å². The van der Waals surface area contributed by atoms with Crippen molar-refractivity contribution in [3.63, 3.8) is 0 Å². The molecule has 0 bridgehead atoms. The Kier molecular flexibility index (Phi) is 5.47. The molecule has 1 aromatic carbocycles. The topological polar surface area (TPSA) is 55.1 Å². The highest BCUT2D eigenvalue weighted by atomic mass is 35.5. The number of primary amides is 1. The molecule has 1 saturated carbocycles. The van der Waals surface area contributed by atoms with Crippen LogP contribution in [0.25, 0.3) is 0 Å². The maximum Gasteiger partial charge on any atom is 0.237 e. The van der Waals surface area contributed by atoms with Gasteiger partial charge in [-0.1, -0.05) is 23.2 Å². The molecule has 0 aromatic heterocycles. The number of carbonyl (C=O) groups excluding carboxylic acids is 1. The van der Waals surface area contributed by atoms with E-state index in [4.69, 9.17) is 28.9 Å². The summed E-state index contributed by atoms with van der Waals surface area (Å²) < 4.78 is 0. The summed E-state index contributed by atoms with van der Waals surface area (Å²) in [6.07, 6.45) is 2.40. The highest BCUT2D eigenvalue weighted by molar-refractivity contribution is 8.00. The van der Waals surface area contributed by atoms with Crippen molar-refractivity contribution in [3.05, 3.63) is 28.2 Å². The van der Waals surface area contributed by atoms with E-state index in [0.717, 1.165) is 17.7 Å². The largest absolute Gasteiger partial charge is 0.368 e. The Balaban J connectivity index is 2.10. The summed E-state index contributed by atoms with van der Waals surface area (Å²) in [4.78, 5) is 12.8. The van der Waals surface area contributed by atoms with Gasteiger partial charge in [-0.3, -0.25) is 4.79 Å². The summed E-state index contributed by atoms with van der Waals surface area (Å²) in [5, 5.41) is 5.02. The molecule has 2 rings (SSSR count). The third-order valence-electron chi connectivity index (χ3n) is 3.69. The van der Waals surface area contributed by atoms with E-state index in [-0.39, 0.29) is 11.9 Å². The van der Waals surface area contributed by atoms with Crippen LogP contribution in [0.15, 0.2) is 23.1 Å². The van der Waals surface area contributed by atoms with Gasteiger partial charge >= 0.3 is 0 Å². The van der Waals surface area contributed by atoms with E-state index in [1.165, 1.54) is 0 Å². The molecule has 6 heteroatoms. The van der Waals surface area contributed by atoms with Gasteiger partial charge in [0.2, 0.25) is 5.91 Å². The van der Waals surface area contributed by atoms with Gasteiger partial charge in [0.1, 0.15) is 0 Å². The van der Waals surface area contributed by atoms with Gasteiger partial charge in [0, 0.05) is 21.2 Å². The quantitative estimate of drug-likeness (QED) is 0.850. The van der Waals surface area contributed by atoms with Gasteiger partial charge in [0.05, 0.1) is 10.6 Å². The lowest BCUT2D eigenvalue weighted by Crippen LogP contribution is -2.56. The van der Waals surface area contributed by atoms with Crippen molar-refractivity contribution in [2.75, 3.05) is 0 Å². The maximum atomic E-state index is 11.9. The Morgan fingerprint density at radius 2 is 2.19 bits per heavy atom. The van der Waals surface area contributed by atoms with E-state index in [2.05, 4.69) is 5.32 Å². The molecule has 1 amide bonds. The van der Waals surface area contributed by atoms with Crippen LogP contribution in [0.4, 0.5) is 0 Å². The number of amides is 1. The molecular formula is C15H20Cl2N2OS. The number of benzene rings is 1. The maximum absolute atomic E-state index is 11.9. The fraction of sp³-hybridized carbons (Fsp3) is 0.533. The number of hydrogen-bond acceptors (Lipinski definition) is 3. The summed E-state index contributed by atoms with van der Waals surface area (Å²) in [7, 11) is 0.